The van der Waals surface area contributed by atoms with Gasteiger partial charge in [-0.1, -0.05) is 13.8 Å². The summed E-state index contributed by atoms with van der Waals surface area (Å²) < 4.78 is 5.50. The molecule has 1 heterocycles. The second kappa shape index (κ2) is 8.06. The van der Waals surface area contributed by atoms with Crippen molar-refractivity contribution in [3.05, 3.63) is 0 Å². The minimum atomic E-state index is 0.652. The van der Waals surface area contributed by atoms with E-state index in [1.54, 1.807) is 0 Å². The van der Waals surface area contributed by atoms with Crippen LogP contribution in [0, 0.1) is 11.8 Å². The van der Waals surface area contributed by atoms with E-state index in [9.17, 15) is 0 Å². The molecule has 0 aromatic carbocycles. The maximum atomic E-state index is 5.50. The minimum Gasteiger partial charge on any atom is -0.381 e. The van der Waals surface area contributed by atoms with Crippen molar-refractivity contribution in [3.63, 3.8) is 0 Å². The number of nitrogens with one attached hydrogen (secondary N) is 1. The Kier molecular flexibility index (Phi) is 7.09. The first-order valence-corrected chi connectivity index (χ1v) is 7.04. The molecule has 0 bridgehead atoms. The van der Waals surface area contributed by atoms with Gasteiger partial charge in [0.2, 0.25) is 0 Å². The molecule has 0 aliphatic carbocycles. The second-order valence-electron chi connectivity index (χ2n) is 5.99. The van der Waals surface area contributed by atoms with Crippen LogP contribution in [0.5, 0.6) is 0 Å². The molecular formula is C14H30N2O. The molecule has 1 N–H and O–H groups in total. The van der Waals surface area contributed by atoms with Crippen LogP contribution in [0.3, 0.4) is 0 Å². The van der Waals surface area contributed by atoms with Crippen molar-refractivity contribution in [1.29, 1.82) is 0 Å². The standard InChI is InChI=1S/C14H30N2O/c1-12(2)8-14(16(3)4)10-15-9-13-6-5-7-17-11-13/h12-15H,5-11H2,1-4H3. The monoisotopic (exact) mass is 242 g/mol. The highest BCUT2D eigenvalue weighted by atomic mass is 16.5. The summed E-state index contributed by atoms with van der Waals surface area (Å²) in [5, 5.41) is 3.62. The fourth-order valence-corrected chi connectivity index (χ4v) is 2.44. The van der Waals surface area contributed by atoms with E-state index in [2.05, 4.69) is 38.2 Å². The van der Waals surface area contributed by atoms with E-state index in [-0.39, 0.29) is 0 Å². The minimum absolute atomic E-state index is 0.652. The van der Waals surface area contributed by atoms with Gasteiger partial charge in [-0.05, 0) is 45.2 Å². The Labute approximate surface area is 107 Å². The van der Waals surface area contributed by atoms with Crippen LogP contribution in [0.25, 0.3) is 0 Å². The summed E-state index contributed by atoms with van der Waals surface area (Å²) in [4.78, 5) is 2.34. The van der Waals surface area contributed by atoms with E-state index in [0.29, 0.717) is 6.04 Å². The summed E-state index contributed by atoms with van der Waals surface area (Å²) in [5.41, 5.74) is 0. The number of hydrogen-bond donors (Lipinski definition) is 1. The fourth-order valence-electron chi connectivity index (χ4n) is 2.44. The number of nitrogens with zero attached hydrogens (tertiary/aromatic N) is 1. The molecule has 3 nitrogen and oxygen atoms in total. The van der Waals surface area contributed by atoms with Crippen molar-refractivity contribution < 1.29 is 4.74 Å². The van der Waals surface area contributed by atoms with E-state index in [1.807, 2.05) is 0 Å². The van der Waals surface area contributed by atoms with Crippen LogP contribution >= 0.6 is 0 Å². The molecule has 0 radical (unpaired) electrons. The number of hydrogen-bond acceptors (Lipinski definition) is 3. The third-order valence-electron chi connectivity index (χ3n) is 3.54. The zero-order chi connectivity index (χ0) is 12.7. The molecule has 0 amide bonds. The van der Waals surface area contributed by atoms with Gasteiger partial charge in [-0.25, -0.2) is 0 Å². The largest absolute Gasteiger partial charge is 0.381 e. The van der Waals surface area contributed by atoms with Crippen molar-refractivity contribution in [1.82, 2.24) is 10.2 Å². The van der Waals surface area contributed by atoms with Gasteiger partial charge >= 0.3 is 0 Å². The zero-order valence-corrected chi connectivity index (χ0v) is 12.0. The third kappa shape index (κ3) is 6.39. The Balaban J connectivity index is 2.17. The summed E-state index contributed by atoms with van der Waals surface area (Å²) in [7, 11) is 4.36. The Hall–Kier alpha value is -0.120. The third-order valence-corrected chi connectivity index (χ3v) is 3.54. The summed E-state index contributed by atoms with van der Waals surface area (Å²) >= 11 is 0. The molecule has 1 aliphatic rings. The van der Waals surface area contributed by atoms with Gasteiger partial charge in [0.15, 0.2) is 0 Å². The van der Waals surface area contributed by atoms with Crippen LogP contribution in [-0.2, 0) is 4.74 Å². The van der Waals surface area contributed by atoms with Gasteiger partial charge in [0, 0.05) is 25.7 Å². The van der Waals surface area contributed by atoms with Crippen molar-refractivity contribution in [2.75, 3.05) is 40.4 Å². The SMILES string of the molecule is CC(C)CC(CNCC1CCCOC1)N(C)C. The summed E-state index contributed by atoms with van der Waals surface area (Å²) in [6, 6.07) is 0.652. The Bertz CT molecular complexity index is 189. The highest BCUT2D eigenvalue weighted by Gasteiger charge is 2.16. The molecular weight excluding hydrogens is 212 g/mol. The molecule has 2 atom stereocenters. The van der Waals surface area contributed by atoms with E-state index < -0.39 is 0 Å². The van der Waals surface area contributed by atoms with Crippen LogP contribution in [0.1, 0.15) is 33.1 Å². The van der Waals surface area contributed by atoms with Gasteiger partial charge in [-0.2, -0.15) is 0 Å². The quantitative estimate of drug-likeness (QED) is 0.739. The lowest BCUT2D eigenvalue weighted by atomic mass is 10.0. The molecule has 1 saturated heterocycles. The highest BCUT2D eigenvalue weighted by molar-refractivity contribution is 4.73. The van der Waals surface area contributed by atoms with Gasteiger partial charge in [0.1, 0.15) is 0 Å². The van der Waals surface area contributed by atoms with E-state index in [1.165, 1.54) is 19.3 Å². The molecule has 1 rings (SSSR count). The Morgan fingerprint density at radius 2 is 2.12 bits per heavy atom. The fraction of sp³-hybridized carbons (Fsp3) is 1.00. The predicted octanol–water partition coefficient (Wildman–Crippen LogP) is 1.98. The van der Waals surface area contributed by atoms with Crippen molar-refractivity contribution >= 4 is 0 Å². The molecule has 3 heteroatoms. The first-order valence-electron chi connectivity index (χ1n) is 7.04. The lowest BCUT2D eigenvalue weighted by Gasteiger charge is -2.28. The van der Waals surface area contributed by atoms with E-state index >= 15 is 0 Å². The average Bonchev–Trinajstić information content (AvgIpc) is 2.28. The molecule has 2 unspecified atom stereocenters. The molecule has 0 saturated carbocycles. The van der Waals surface area contributed by atoms with E-state index in [0.717, 1.165) is 38.1 Å². The van der Waals surface area contributed by atoms with Gasteiger partial charge in [0.25, 0.3) is 0 Å². The van der Waals surface area contributed by atoms with Crippen molar-refractivity contribution in [2.45, 2.75) is 39.2 Å². The molecule has 17 heavy (non-hydrogen) atoms. The van der Waals surface area contributed by atoms with Gasteiger partial charge in [-0.3, -0.25) is 0 Å². The topological polar surface area (TPSA) is 24.5 Å². The average molecular weight is 242 g/mol. The van der Waals surface area contributed by atoms with Crippen LogP contribution < -0.4 is 5.32 Å². The first kappa shape index (κ1) is 14.9. The zero-order valence-electron chi connectivity index (χ0n) is 12.0. The maximum Gasteiger partial charge on any atom is 0.0506 e. The normalized spacial score (nSPS) is 23.3. The molecule has 1 fully saturated rings. The molecule has 0 spiro atoms. The van der Waals surface area contributed by atoms with Crippen LogP contribution in [0.2, 0.25) is 0 Å². The molecule has 1 aliphatic heterocycles. The van der Waals surface area contributed by atoms with Crippen molar-refractivity contribution in [3.8, 4) is 0 Å². The van der Waals surface area contributed by atoms with Crippen LogP contribution in [0.15, 0.2) is 0 Å². The smallest absolute Gasteiger partial charge is 0.0506 e. The maximum absolute atomic E-state index is 5.50. The predicted molar refractivity (Wildman–Crippen MR) is 73.3 cm³/mol. The lowest BCUT2D eigenvalue weighted by Crippen LogP contribution is -2.41. The van der Waals surface area contributed by atoms with Gasteiger partial charge in [0.05, 0.1) is 6.61 Å². The number of likely N-dealkylation sites (N-methyl/N-ethyl adjacent to an activating group) is 1. The number of ether oxygens (including phenoxy) is 1. The molecule has 0 aromatic heterocycles. The van der Waals surface area contributed by atoms with Crippen LogP contribution in [0.4, 0.5) is 0 Å². The highest BCUT2D eigenvalue weighted by Crippen LogP contribution is 2.13. The number of rotatable bonds is 7. The van der Waals surface area contributed by atoms with Gasteiger partial charge < -0.3 is 15.0 Å². The molecule has 0 aromatic rings. The Morgan fingerprint density at radius 3 is 2.65 bits per heavy atom. The van der Waals surface area contributed by atoms with Crippen LogP contribution in [-0.4, -0.2) is 51.3 Å². The first-order chi connectivity index (χ1) is 8.09. The summed E-state index contributed by atoms with van der Waals surface area (Å²) in [6.07, 6.45) is 3.82. The Morgan fingerprint density at radius 1 is 1.35 bits per heavy atom. The molecule has 102 valence electrons. The summed E-state index contributed by atoms with van der Waals surface area (Å²) in [5.74, 6) is 1.49. The second-order valence-corrected chi connectivity index (χ2v) is 5.99. The lowest BCUT2D eigenvalue weighted by molar-refractivity contribution is 0.0541. The van der Waals surface area contributed by atoms with Gasteiger partial charge in [-0.15, -0.1) is 0 Å². The van der Waals surface area contributed by atoms with Crippen molar-refractivity contribution in [2.24, 2.45) is 11.8 Å². The van der Waals surface area contributed by atoms with E-state index in [4.69, 9.17) is 4.74 Å². The summed E-state index contributed by atoms with van der Waals surface area (Å²) in [6.45, 7) is 8.72.